The quantitative estimate of drug-likeness (QED) is 0.665. The Kier molecular flexibility index (Phi) is 5.98. The third kappa shape index (κ3) is 5.49. The summed E-state index contributed by atoms with van der Waals surface area (Å²) >= 11 is 5.86. The minimum absolute atomic E-state index is 0.248. The van der Waals surface area contributed by atoms with Gasteiger partial charge in [-0.15, -0.1) is 0 Å². The van der Waals surface area contributed by atoms with E-state index in [0.29, 0.717) is 35.3 Å². The molecule has 0 unspecified atom stereocenters. The van der Waals surface area contributed by atoms with Gasteiger partial charge in [-0.3, -0.25) is 4.79 Å². The molecule has 0 atom stereocenters. The molecule has 3 aromatic rings. The Morgan fingerprint density at radius 3 is 2.63 bits per heavy atom. The van der Waals surface area contributed by atoms with Crippen molar-refractivity contribution in [3.05, 3.63) is 82.5 Å². The van der Waals surface area contributed by atoms with Crippen molar-refractivity contribution in [2.24, 2.45) is 0 Å². The Hall–Kier alpha value is -2.99. The number of rotatable bonds is 6. The fraction of sp³-hybridized carbons (Fsp3) is 0.150. The Balaban J connectivity index is 1.64. The maximum absolute atomic E-state index is 13.3. The maximum atomic E-state index is 13.3. The van der Waals surface area contributed by atoms with Gasteiger partial charge in [0.2, 0.25) is 0 Å². The van der Waals surface area contributed by atoms with Gasteiger partial charge in [0.15, 0.2) is 0 Å². The van der Waals surface area contributed by atoms with Crippen molar-refractivity contribution in [2.45, 2.75) is 13.3 Å². The average molecular weight is 385 g/mol. The smallest absolute Gasteiger partial charge is 0.270 e. The van der Waals surface area contributed by atoms with Gasteiger partial charge < -0.3 is 10.6 Å². The molecule has 2 aromatic carbocycles. The molecule has 138 valence electrons. The van der Waals surface area contributed by atoms with Gasteiger partial charge in [-0.25, -0.2) is 14.4 Å². The lowest BCUT2D eigenvalue weighted by atomic mass is 10.1. The number of nitrogens with zero attached hydrogens (tertiary/aromatic N) is 2. The Bertz CT molecular complexity index is 947. The number of aryl methyl sites for hydroxylation is 1. The number of nitrogens with one attached hydrogen (secondary N) is 2. The van der Waals surface area contributed by atoms with Gasteiger partial charge in [0, 0.05) is 23.3 Å². The van der Waals surface area contributed by atoms with E-state index in [-0.39, 0.29) is 17.4 Å². The van der Waals surface area contributed by atoms with E-state index >= 15 is 0 Å². The first kappa shape index (κ1) is 18.8. The topological polar surface area (TPSA) is 66.9 Å². The Morgan fingerprint density at radius 2 is 1.89 bits per heavy atom. The highest BCUT2D eigenvalue weighted by Crippen LogP contribution is 2.16. The molecule has 0 saturated carbocycles. The first-order valence-corrected chi connectivity index (χ1v) is 8.78. The molecule has 1 aromatic heterocycles. The molecule has 1 heterocycles. The molecular formula is C20H18ClFN4O. The molecule has 27 heavy (non-hydrogen) atoms. The van der Waals surface area contributed by atoms with Crippen LogP contribution in [0.4, 0.5) is 15.9 Å². The molecule has 0 bridgehead atoms. The summed E-state index contributed by atoms with van der Waals surface area (Å²) in [4.78, 5) is 20.8. The summed E-state index contributed by atoms with van der Waals surface area (Å²) in [5.41, 5.74) is 1.87. The van der Waals surface area contributed by atoms with Crippen LogP contribution in [0.1, 0.15) is 21.9 Å². The number of hydrogen-bond donors (Lipinski definition) is 2. The number of amides is 1. The molecule has 1 amide bonds. The summed E-state index contributed by atoms with van der Waals surface area (Å²) < 4.78 is 13.3. The summed E-state index contributed by atoms with van der Waals surface area (Å²) in [6.45, 7) is 2.16. The zero-order chi connectivity index (χ0) is 19.2. The molecular weight excluding hydrogens is 367 g/mol. The zero-order valence-electron chi connectivity index (χ0n) is 14.7. The van der Waals surface area contributed by atoms with E-state index in [2.05, 4.69) is 20.6 Å². The van der Waals surface area contributed by atoms with Crippen LogP contribution in [0.3, 0.4) is 0 Å². The molecule has 0 aliphatic rings. The number of carbonyl (C=O) groups excluding carboxylic acids is 1. The molecule has 7 heteroatoms. The van der Waals surface area contributed by atoms with Gasteiger partial charge in [-0.2, -0.15) is 0 Å². The third-order valence-electron chi connectivity index (χ3n) is 3.78. The molecule has 0 radical (unpaired) electrons. The number of carbonyl (C=O) groups is 1. The van der Waals surface area contributed by atoms with Crippen LogP contribution in [0.15, 0.2) is 54.6 Å². The van der Waals surface area contributed by atoms with Crippen molar-refractivity contribution < 1.29 is 9.18 Å². The SMILES string of the molecule is Cc1nc(Nc2cccc(F)c2)cc(C(=O)NCCc2ccc(Cl)cc2)n1. The summed E-state index contributed by atoms with van der Waals surface area (Å²) in [5, 5.41) is 6.50. The van der Waals surface area contributed by atoms with E-state index in [1.54, 1.807) is 19.1 Å². The minimum atomic E-state index is -0.356. The lowest BCUT2D eigenvalue weighted by Crippen LogP contribution is -2.27. The van der Waals surface area contributed by atoms with Crippen molar-refractivity contribution in [1.82, 2.24) is 15.3 Å². The van der Waals surface area contributed by atoms with Gasteiger partial charge in [-0.1, -0.05) is 29.8 Å². The minimum Gasteiger partial charge on any atom is -0.350 e. The highest BCUT2D eigenvalue weighted by atomic mass is 35.5. The van der Waals surface area contributed by atoms with Crippen LogP contribution in [0.5, 0.6) is 0 Å². The van der Waals surface area contributed by atoms with E-state index < -0.39 is 0 Å². The fourth-order valence-electron chi connectivity index (χ4n) is 2.52. The Labute approximate surface area is 161 Å². The van der Waals surface area contributed by atoms with Crippen LogP contribution in [-0.2, 0) is 6.42 Å². The lowest BCUT2D eigenvalue weighted by molar-refractivity contribution is 0.0949. The number of halogens is 2. The first-order valence-electron chi connectivity index (χ1n) is 8.40. The monoisotopic (exact) mass is 384 g/mol. The fourth-order valence-corrected chi connectivity index (χ4v) is 2.65. The maximum Gasteiger partial charge on any atom is 0.270 e. The molecule has 0 aliphatic carbocycles. The highest BCUT2D eigenvalue weighted by Gasteiger charge is 2.10. The van der Waals surface area contributed by atoms with Crippen LogP contribution in [0.2, 0.25) is 5.02 Å². The van der Waals surface area contributed by atoms with Crippen molar-refractivity contribution in [1.29, 1.82) is 0 Å². The highest BCUT2D eigenvalue weighted by molar-refractivity contribution is 6.30. The Morgan fingerprint density at radius 1 is 1.11 bits per heavy atom. The number of anilines is 2. The van der Waals surface area contributed by atoms with Gasteiger partial charge in [0.25, 0.3) is 5.91 Å². The molecule has 0 spiro atoms. The van der Waals surface area contributed by atoms with Gasteiger partial charge in [0.1, 0.15) is 23.2 Å². The van der Waals surface area contributed by atoms with Gasteiger partial charge in [-0.05, 0) is 49.2 Å². The van der Waals surface area contributed by atoms with Gasteiger partial charge >= 0.3 is 0 Å². The van der Waals surface area contributed by atoms with Crippen LogP contribution in [0, 0.1) is 12.7 Å². The van der Waals surface area contributed by atoms with Crippen LogP contribution in [-0.4, -0.2) is 22.4 Å². The van der Waals surface area contributed by atoms with E-state index in [0.717, 1.165) is 5.56 Å². The normalized spacial score (nSPS) is 10.5. The molecule has 0 saturated heterocycles. The molecule has 3 rings (SSSR count). The summed E-state index contributed by atoms with van der Waals surface area (Å²) in [6.07, 6.45) is 0.682. The average Bonchev–Trinajstić information content (AvgIpc) is 2.63. The summed E-state index contributed by atoms with van der Waals surface area (Å²) in [6, 6.07) is 15.0. The van der Waals surface area contributed by atoms with E-state index in [4.69, 9.17) is 11.6 Å². The second-order valence-electron chi connectivity index (χ2n) is 5.95. The number of hydrogen-bond acceptors (Lipinski definition) is 4. The third-order valence-corrected chi connectivity index (χ3v) is 4.03. The van der Waals surface area contributed by atoms with Crippen molar-refractivity contribution in [2.75, 3.05) is 11.9 Å². The van der Waals surface area contributed by atoms with E-state index in [1.807, 2.05) is 24.3 Å². The van der Waals surface area contributed by atoms with Crippen LogP contribution >= 0.6 is 11.6 Å². The van der Waals surface area contributed by atoms with Crippen LogP contribution < -0.4 is 10.6 Å². The molecule has 0 aliphatic heterocycles. The van der Waals surface area contributed by atoms with Crippen LogP contribution in [0.25, 0.3) is 0 Å². The number of aromatic nitrogens is 2. The van der Waals surface area contributed by atoms with Crippen molar-refractivity contribution in [3.8, 4) is 0 Å². The molecule has 5 nitrogen and oxygen atoms in total. The van der Waals surface area contributed by atoms with E-state index in [1.165, 1.54) is 18.2 Å². The predicted octanol–water partition coefficient (Wildman–Crippen LogP) is 4.29. The second kappa shape index (κ2) is 8.60. The standard InChI is InChI=1S/C20H18ClFN4O/c1-13-24-18(12-19(25-13)26-17-4-2-3-16(22)11-17)20(27)23-10-9-14-5-7-15(21)8-6-14/h2-8,11-12H,9-10H2,1H3,(H,23,27)(H,24,25,26). The largest absolute Gasteiger partial charge is 0.350 e. The lowest BCUT2D eigenvalue weighted by Gasteiger charge is -2.09. The first-order chi connectivity index (χ1) is 13.0. The van der Waals surface area contributed by atoms with E-state index in [9.17, 15) is 9.18 Å². The number of benzene rings is 2. The van der Waals surface area contributed by atoms with Gasteiger partial charge in [0.05, 0.1) is 0 Å². The summed E-state index contributed by atoms with van der Waals surface area (Å²) in [5.74, 6) is 0.220. The second-order valence-corrected chi connectivity index (χ2v) is 6.39. The predicted molar refractivity (Wildman–Crippen MR) is 104 cm³/mol. The van der Waals surface area contributed by atoms with Crippen molar-refractivity contribution >= 4 is 29.0 Å². The summed E-state index contributed by atoms with van der Waals surface area (Å²) in [7, 11) is 0. The zero-order valence-corrected chi connectivity index (χ0v) is 15.4. The van der Waals surface area contributed by atoms with Crippen molar-refractivity contribution in [3.63, 3.8) is 0 Å². The molecule has 0 fully saturated rings. The molecule has 2 N–H and O–H groups in total.